The summed E-state index contributed by atoms with van der Waals surface area (Å²) in [6.07, 6.45) is -3.20. The molecular formula is C17H19F3N4S. The molecule has 134 valence electrons. The van der Waals surface area contributed by atoms with Crippen molar-refractivity contribution in [3.63, 3.8) is 0 Å². The van der Waals surface area contributed by atoms with Crippen molar-refractivity contribution >= 4 is 21.5 Å². The standard InChI is InChI=1S/C17H19F3N4S/c1-21-16-23-14(10-3-2-4-12(7-10)17(18,19)20)15(25-16)24-8-11-5-6-22-13(11)9-24/h2-4,7,11,13,22H,5-6,8-9H2,1H3,(H,21,23). The SMILES string of the molecule is CNc1nc(-c2cccc(C(F)(F)F)c2)c(N2CC3CCNC3C2)s1. The molecular weight excluding hydrogens is 349 g/mol. The maximum atomic E-state index is 13.1. The molecule has 0 bridgehead atoms. The van der Waals surface area contributed by atoms with Crippen LogP contribution in [0.1, 0.15) is 12.0 Å². The van der Waals surface area contributed by atoms with Crippen molar-refractivity contribution in [2.75, 3.05) is 36.9 Å². The zero-order valence-electron chi connectivity index (χ0n) is 13.7. The number of halogens is 3. The Hall–Kier alpha value is -1.80. The third-order valence-electron chi connectivity index (χ3n) is 4.94. The van der Waals surface area contributed by atoms with E-state index >= 15 is 0 Å². The minimum atomic E-state index is -4.35. The average molecular weight is 368 g/mol. The van der Waals surface area contributed by atoms with Crippen LogP contribution in [0.25, 0.3) is 11.3 Å². The molecule has 3 heterocycles. The van der Waals surface area contributed by atoms with Crippen LogP contribution in [0.15, 0.2) is 24.3 Å². The van der Waals surface area contributed by atoms with Gasteiger partial charge in [0.05, 0.1) is 5.56 Å². The molecule has 0 saturated carbocycles. The fourth-order valence-corrected chi connectivity index (χ4v) is 4.64. The molecule has 2 saturated heterocycles. The number of aromatic nitrogens is 1. The maximum Gasteiger partial charge on any atom is 0.416 e. The van der Waals surface area contributed by atoms with Crippen molar-refractivity contribution in [3.8, 4) is 11.3 Å². The van der Waals surface area contributed by atoms with Crippen LogP contribution >= 0.6 is 11.3 Å². The monoisotopic (exact) mass is 368 g/mol. The van der Waals surface area contributed by atoms with E-state index in [0.29, 0.717) is 28.3 Å². The van der Waals surface area contributed by atoms with E-state index in [0.717, 1.165) is 37.1 Å². The van der Waals surface area contributed by atoms with Gasteiger partial charge in [0.1, 0.15) is 10.7 Å². The highest BCUT2D eigenvalue weighted by Crippen LogP contribution is 2.42. The lowest BCUT2D eigenvalue weighted by Gasteiger charge is -2.19. The molecule has 2 unspecified atom stereocenters. The highest BCUT2D eigenvalue weighted by molar-refractivity contribution is 7.20. The molecule has 4 rings (SSSR count). The number of alkyl halides is 3. The minimum Gasteiger partial charge on any atom is -0.365 e. The van der Waals surface area contributed by atoms with E-state index in [2.05, 4.69) is 20.5 Å². The van der Waals surface area contributed by atoms with E-state index in [1.807, 2.05) is 0 Å². The Morgan fingerprint density at radius 2 is 2.16 bits per heavy atom. The van der Waals surface area contributed by atoms with Crippen LogP contribution in [0.5, 0.6) is 0 Å². The highest BCUT2D eigenvalue weighted by atomic mass is 32.1. The molecule has 0 radical (unpaired) electrons. The van der Waals surface area contributed by atoms with Gasteiger partial charge in [-0.3, -0.25) is 0 Å². The molecule has 4 nitrogen and oxygen atoms in total. The first-order valence-corrected chi connectivity index (χ1v) is 9.12. The van der Waals surface area contributed by atoms with Crippen molar-refractivity contribution < 1.29 is 13.2 Å². The number of anilines is 2. The van der Waals surface area contributed by atoms with Crippen LogP contribution in [-0.4, -0.2) is 37.7 Å². The van der Waals surface area contributed by atoms with Gasteiger partial charge in [0, 0.05) is 31.7 Å². The van der Waals surface area contributed by atoms with E-state index < -0.39 is 11.7 Å². The van der Waals surface area contributed by atoms with E-state index in [9.17, 15) is 13.2 Å². The Labute approximate surface area is 148 Å². The van der Waals surface area contributed by atoms with E-state index in [1.54, 1.807) is 13.1 Å². The molecule has 8 heteroatoms. The summed E-state index contributed by atoms with van der Waals surface area (Å²) >= 11 is 1.50. The zero-order valence-corrected chi connectivity index (χ0v) is 14.5. The van der Waals surface area contributed by atoms with E-state index in [-0.39, 0.29) is 0 Å². The Morgan fingerprint density at radius 1 is 1.32 bits per heavy atom. The van der Waals surface area contributed by atoms with E-state index in [4.69, 9.17) is 0 Å². The van der Waals surface area contributed by atoms with Crippen LogP contribution in [0.2, 0.25) is 0 Å². The molecule has 2 atom stereocenters. The van der Waals surface area contributed by atoms with Crippen molar-refractivity contribution in [2.45, 2.75) is 18.6 Å². The molecule has 2 aliphatic rings. The summed E-state index contributed by atoms with van der Waals surface area (Å²) in [5.41, 5.74) is 0.489. The number of hydrogen-bond acceptors (Lipinski definition) is 5. The van der Waals surface area contributed by atoms with Gasteiger partial charge in [-0.2, -0.15) is 13.2 Å². The first-order chi connectivity index (χ1) is 12.0. The summed E-state index contributed by atoms with van der Waals surface area (Å²) in [5, 5.41) is 8.18. The number of thiazole rings is 1. The van der Waals surface area contributed by atoms with Crippen molar-refractivity contribution in [1.29, 1.82) is 0 Å². The smallest absolute Gasteiger partial charge is 0.365 e. The maximum absolute atomic E-state index is 13.1. The number of nitrogens with zero attached hydrogens (tertiary/aromatic N) is 2. The number of nitrogens with one attached hydrogen (secondary N) is 2. The molecule has 25 heavy (non-hydrogen) atoms. The molecule has 1 aromatic heterocycles. The molecule has 2 N–H and O–H groups in total. The van der Waals surface area contributed by atoms with Gasteiger partial charge in [0.25, 0.3) is 0 Å². The molecule has 2 fully saturated rings. The van der Waals surface area contributed by atoms with Crippen molar-refractivity contribution in [2.24, 2.45) is 5.92 Å². The summed E-state index contributed by atoms with van der Waals surface area (Å²) in [7, 11) is 1.78. The predicted octanol–water partition coefficient (Wildman–Crippen LogP) is 3.67. The van der Waals surface area contributed by atoms with Crippen LogP contribution in [0, 0.1) is 5.92 Å². The first-order valence-electron chi connectivity index (χ1n) is 8.30. The summed E-state index contributed by atoms with van der Waals surface area (Å²) in [6.45, 7) is 2.85. The second kappa shape index (κ2) is 6.17. The lowest BCUT2D eigenvalue weighted by molar-refractivity contribution is -0.137. The van der Waals surface area contributed by atoms with Crippen molar-refractivity contribution in [3.05, 3.63) is 29.8 Å². The van der Waals surface area contributed by atoms with Crippen LogP contribution in [-0.2, 0) is 6.18 Å². The third kappa shape index (κ3) is 3.08. The summed E-state index contributed by atoms with van der Waals surface area (Å²) in [4.78, 5) is 6.80. The lowest BCUT2D eigenvalue weighted by atomic mass is 10.1. The molecule has 0 aliphatic carbocycles. The Balaban J connectivity index is 1.71. The second-order valence-corrected chi connectivity index (χ2v) is 7.49. The van der Waals surface area contributed by atoms with Crippen molar-refractivity contribution in [1.82, 2.24) is 10.3 Å². The third-order valence-corrected chi connectivity index (χ3v) is 6.07. The van der Waals surface area contributed by atoms with Crippen LogP contribution < -0.4 is 15.5 Å². The van der Waals surface area contributed by atoms with Gasteiger partial charge >= 0.3 is 6.18 Å². The molecule has 2 aliphatic heterocycles. The number of benzene rings is 1. The number of fused-ring (bicyclic) bond motifs is 1. The number of hydrogen-bond donors (Lipinski definition) is 2. The van der Waals surface area contributed by atoms with Gasteiger partial charge in [-0.15, -0.1) is 0 Å². The largest absolute Gasteiger partial charge is 0.416 e. The number of rotatable bonds is 3. The summed E-state index contributed by atoms with van der Waals surface area (Å²) in [6, 6.07) is 5.89. The molecule has 0 spiro atoms. The Bertz CT molecular complexity index is 761. The normalized spacial score (nSPS) is 23.1. The van der Waals surface area contributed by atoms with Crippen LogP contribution in [0.3, 0.4) is 0 Å². The Morgan fingerprint density at radius 3 is 2.88 bits per heavy atom. The van der Waals surface area contributed by atoms with Gasteiger partial charge in [-0.25, -0.2) is 4.98 Å². The zero-order chi connectivity index (χ0) is 17.6. The fraction of sp³-hybridized carbons (Fsp3) is 0.471. The minimum absolute atomic E-state index is 0.467. The van der Waals surface area contributed by atoms with Gasteiger partial charge < -0.3 is 15.5 Å². The van der Waals surface area contributed by atoms with Gasteiger partial charge in [0.15, 0.2) is 5.13 Å². The average Bonchev–Trinajstić information content (AvgIpc) is 3.27. The summed E-state index contributed by atoms with van der Waals surface area (Å²) in [5.74, 6) is 0.606. The molecule has 0 amide bonds. The predicted molar refractivity (Wildman–Crippen MR) is 94.2 cm³/mol. The lowest BCUT2D eigenvalue weighted by Crippen LogP contribution is -2.29. The summed E-state index contributed by atoms with van der Waals surface area (Å²) < 4.78 is 39.2. The van der Waals surface area contributed by atoms with Crippen LogP contribution in [0.4, 0.5) is 23.3 Å². The first kappa shape index (κ1) is 16.7. The highest BCUT2D eigenvalue weighted by Gasteiger charge is 2.38. The van der Waals surface area contributed by atoms with E-state index in [1.165, 1.54) is 23.5 Å². The van der Waals surface area contributed by atoms with Gasteiger partial charge in [0.2, 0.25) is 0 Å². The molecule has 2 aromatic rings. The topological polar surface area (TPSA) is 40.2 Å². The van der Waals surface area contributed by atoms with Gasteiger partial charge in [-0.05, 0) is 31.0 Å². The second-order valence-electron chi connectivity index (χ2n) is 6.52. The molecule has 1 aromatic carbocycles. The Kier molecular flexibility index (Phi) is 4.11. The quantitative estimate of drug-likeness (QED) is 0.867. The fourth-order valence-electron chi connectivity index (χ4n) is 3.68. The van der Waals surface area contributed by atoms with Gasteiger partial charge in [-0.1, -0.05) is 23.5 Å².